The van der Waals surface area contributed by atoms with Crippen LogP contribution in [0.3, 0.4) is 0 Å². The summed E-state index contributed by atoms with van der Waals surface area (Å²) in [7, 11) is -3.52. The van der Waals surface area contributed by atoms with Crippen LogP contribution in [0.2, 0.25) is 0 Å². The van der Waals surface area contributed by atoms with Gasteiger partial charge in [0, 0.05) is 12.5 Å². The lowest BCUT2D eigenvalue weighted by molar-refractivity contribution is 0.125. The summed E-state index contributed by atoms with van der Waals surface area (Å²) in [6.45, 7) is 4.73. The maximum Gasteiger partial charge on any atom is 0.183 e. The van der Waals surface area contributed by atoms with Crippen molar-refractivity contribution in [3.63, 3.8) is 0 Å². The van der Waals surface area contributed by atoms with Gasteiger partial charge in [-0.05, 0) is 36.6 Å². The van der Waals surface area contributed by atoms with Gasteiger partial charge in [-0.2, -0.15) is 0 Å². The number of sulfone groups is 1. The number of hydrogen-bond donors (Lipinski definition) is 1. The first-order chi connectivity index (χ1) is 11.9. The Morgan fingerprint density at radius 2 is 1.68 bits per heavy atom. The van der Waals surface area contributed by atoms with Crippen molar-refractivity contribution in [1.82, 2.24) is 0 Å². The predicted molar refractivity (Wildman–Crippen MR) is 99.4 cm³/mol. The van der Waals surface area contributed by atoms with Gasteiger partial charge >= 0.3 is 0 Å². The Bertz CT molecular complexity index is 818. The molecule has 134 valence electrons. The minimum atomic E-state index is -3.52. The highest BCUT2D eigenvalue weighted by Gasteiger charge is 2.69. The standard InChI is InChI=1S/C20H25NO3S/c1-3-15-10-12-16(13-11-15)18-19(20(18,21)14-24-4-2)25(22,23)17-8-6-5-7-9-17/h5-13,18-19H,3-4,14,21H2,1-2H3. The molecule has 0 spiro atoms. The molecule has 0 aromatic heterocycles. The molecule has 0 amide bonds. The average molecular weight is 359 g/mol. The molecule has 3 atom stereocenters. The van der Waals surface area contributed by atoms with Crippen molar-refractivity contribution in [2.45, 2.75) is 41.9 Å². The van der Waals surface area contributed by atoms with Crippen molar-refractivity contribution >= 4 is 9.84 Å². The van der Waals surface area contributed by atoms with Crippen LogP contribution in [-0.4, -0.2) is 32.4 Å². The van der Waals surface area contributed by atoms with Gasteiger partial charge in [0.15, 0.2) is 9.84 Å². The van der Waals surface area contributed by atoms with E-state index in [0.29, 0.717) is 11.5 Å². The molecule has 3 rings (SSSR count). The Morgan fingerprint density at radius 3 is 2.24 bits per heavy atom. The summed E-state index contributed by atoms with van der Waals surface area (Å²) in [5, 5.41) is -0.665. The van der Waals surface area contributed by atoms with Gasteiger partial charge < -0.3 is 10.5 Å². The molecule has 4 nitrogen and oxygen atoms in total. The second kappa shape index (κ2) is 6.90. The fourth-order valence-electron chi connectivity index (χ4n) is 3.54. The van der Waals surface area contributed by atoms with E-state index in [1.165, 1.54) is 5.56 Å². The van der Waals surface area contributed by atoms with E-state index < -0.39 is 20.6 Å². The van der Waals surface area contributed by atoms with Crippen molar-refractivity contribution < 1.29 is 13.2 Å². The summed E-state index contributed by atoms with van der Waals surface area (Å²) in [5.74, 6) is -0.254. The smallest absolute Gasteiger partial charge is 0.183 e. The topological polar surface area (TPSA) is 69.4 Å². The van der Waals surface area contributed by atoms with E-state index in [1.54, 1.807) is 24.3 Å². The van der Waals surface area contributed by atoms with E-state index in [-0.39, 0.29) is 12.5 Å². The summed E-state index contributed by atoms with van der Waals surface area (Å²) in [6, 6.07) is 16.6. The number of rotatable bonds is 7. The fraction of sp³-hybridized carbons (Fsp3) is 0.400. The quantitative estimate of drug-likeness (QED) is 0.825. The molecule has 2 N–H and O–H groups in total. The lowest BCUT2D eigenvalue weighted by Crippen LogP contribution is -2.36. The van der Waals surface area contributed by atoms with Gasteiger partial charge in [0.2, 0.25) is 0 Å². The molecule has 2 aromatic carbocycles. The van der Waals surface area contributed by atoms with Crippen molar-refractivity contribution in [2.24, 2.45) is 5.73 Å². The first-order valence-corrected chi connectivity index (χ1v) is 10.2. The Morgan fingerprint density at radius 1 is 1.04 bits per heavy atom. The zero-order valence-electron chi connectivity index (χ0n) is 14.7. The van der Waals surface area contributed by atoms with Crippen LogP contribution >= 0.6 is 0 Å². The summed E-state index contributed by atoms with van der Waals surface area (Å²) >= 11 is 0. The monoisotopic (exact) mass is 359 g/mol. The van der Waals surface area contributed by atoms with Crippen LogP contribution in [0.15, 0.2) is 59.5 Å². The van der Waals surface area contributed by atoms with Crippen LogP contribution in [-0.2, 0) is 21.0 Å². The Hall–Kier alpha value is -1.69. The maximum atomic E-state index is 13.1. The summed E-state index contributed by atoms with van der Waals surface area (Å²) < 4.78 is 31.8. The van der Waals surface area contributed by atoms with E-state index in [1.807, 2.05) is 37.3 Å². The van der Waals surface area contributed by atoms with Crippen LogP contribution in [0, 0.1) is 0 Å². The van der Waals surface area contributed by atoms with Gasteiger partial charge in [-0.3, -0.25) is 0 Å². The largest absolute Gasteiger partial charge is 0.380 e. The van der Waals surface area contributed by atoms with Gasteiger partial charge in [-0.15, -0.1) is 0 Å². The Kier molecular flexibility index (Phi) is 5.00. The van der Waals surface area contributed by atoms with Gasteiger partial charge in [0.1, 0.15) is 0 Å². The van der Waals surface area contributed by atoms with Crippen molar-refractivity contribution in [3.05, 3.63) is 65.7 Å². The highest BCUT2D eigenvalue weighted by atomic mass is 32.2. The molecule has 0 radical (unpaired) electrons. The van der Waals surface area contributed by atoms with E-state index >= 15 is 0 Å². The third-order valence-corrected chi connectivity index (χ3v) is 7.32. The molecule has 0 aliphatic heterocycles. The third kappa shape index (κ3) is 3.24. The minimum absolute atomic E-state index is 0.237. The number of benzene rings is 2. The van der Waals surface area contributed by atoms with Crippen LogP contribution < -0.4 is 5.73 Å². The first kappa shape index (κ1) is 18.1. The molecule has 3 unspecified atom stereocenters. The SMILES string of the molecule is CCOCC1(N)C(c2ccc(CC)cc2)C1S(=O)(=O)c1ccccc1. The zero-order valence-corrected chi connectivity index (χ0v) is 15.5. The Balaban J connectivity index is 1.97. The Labute approximate surface area is 149 Å². The number of hydrogen-bond acceptors (Lipinski definition) is 4. The van der Waals surface area contributed by atoms with E-state index in [9.17, 15) is 8.42 Å². The second-order valence-electron chi connectivity index (χ2n) is 6.60. The van der Waals surface area contributed by atoms with Crippen molar-refractivity contribution in [1.29, 1.82) is 0 Å². The highest BCUT2D eigenvalue weighted by Crippen LogP contribution is 2.55. The van der Waals surface area contributed by atoms with E-state index in [4.69, 9.17) is 10.5 Å². The molecule has 0 bridgehead atoms. The van der Waals surface area contributed by atoms with Crippen LogP contribution in [0.25, 0.3) is 0 Å². The molecule has 2 aromatic rings. The summed E-state index contributed by atoms with van der Waals surface area (Å²) in [4.78, 5) is 0.319. The van der Waals surface area contributed by atoms with Gasteiger partial charge in [0.25, 0.3) is 0 Å². The molecule has 0 saturated heterocycles. The van der Waals surface area contributed by atoms with Gasteiger partial charge in [-0.25, -0.2) is 8.42 Å². The minimum Gasteiger partial charge on any atom is -0.380 e. The molecular weight excluding hydrogens is 334 g/mol. The average Bonchev–Trinajstić information content (AvgIpc) is 3.27. The van der Waals surface area contributed by atoms with Crippen LogP contribution in [0.1, 0.15) is 30.9 Å². The van der Waals surface area contributed by atoms with E-state index in [0.717, 1.165) is 12.0 Å². The zero-order chi connectivity index (χ0) is 18.1. The highest BCUT2D eigenvalue weighted by molar-refractivity contribution is 7.92. The first-order valence-electron chi connectivity index (χ1n) is 8.69. The number of ether oxygens (including phenoxy) is 1. The second-order valence-corrected chi connectivity index (χ2v) is 8.67. The van der Waals surface area contributed by atoms with E-state index in [2.05, 4.69) is 6.92 Å². The predicted octanol–water partition coefficient (Wildman–Crippen LogP) is 2.92. The normalized spacial score (nSPS) is 25.7. The van der Waals surface area contributed by atoms with Crippen molar-refractivity contribution in [3.8, 4) is 0 Å². The van der Waals surface area contributed by atoms with Crippen LogP contribution in [0.4, 0.5) is 0 Å². The van der Waals surface area contributed by atoms with Gasteiger partial charge in [0.05, 0.1) is 22.3 Å². The number of aryl methyl sites for hydroxylation is 1. The molecule has 1 aliphatic rings. The maximum absolute atomic E-state index is 13.1. The lowest BCUT2D eigenvalue weighted by Gasteiger charge is -2.12. The van der Waals surface area contributed by atoms with Gasteiger partial charge in [-0.1, -0.05) is 49.4 Å². The molecule has 0 heterocycles. The van der Waals surface area contributed by atoms with Crippen LogP contribution in [0.5, 0.6) is 0 Å². The summed E-state index contributed by atoms with van der Waals surface area (Å²) in [5.41, 5.74) is 7.84. The molecule has 5 heteroatoms. The molecular formula is C20H25NO3S. The fourth-order valence-corrected chi connectivity index (χ4v) is 5.86. The van der Waals surface area contributed by atoms with Crippen molar-refractivity contribution in [2.75, 3.05) is 13.2 Å². The molecule has 25 heavy (non-hydrogen) atoms. The molecule has 1 fully saturated rings. The molecule has 1 aliphatic carbocycles. The number of nitrogens with two attached hydrogens (primary N) is 1. The summed E-state index contributed by atoms with van der Waals surface area (Å²) in [6.07, 6.45) is 0.948. The lowest BCUT2D eigenvalue weighted by atomic mass is 10.0. The molecule has 1 saturated carbocycles. The third-order valence-electron chi connectivity index (χ3n) is 5.01.